The quantitative estimate of drug-likeness (QED) is 0.491. The van der Waals surface area contributed by atoms with E-state index in [1.807, 2.05) is 13.2 Å². The van der Waals surface area contributed by atoms with Crippen molar-refractivity contribution in [1.29, 1.82) is 0 Å². The van der Waals surface area contributed by atoms with Crippen LogP contribution in [-0.2, 0) is 7.05 Å². The van der Waals surface area contributed by atoms with Gasteiger partial charge in [-0.25, -0.2) is 4.57 Å². The van der Waals surface area contributed by atoms with E-state index in [0.29, 0.717) is 0 Å². The Morgan fingerprint density at radius 2 is 2.05 bits per heavy atom. The molecule has 20 heavy (non-hydrogen) atoms. The number of pyridine rings is 1. The first-order valence-corrected chi connectivity index (χ1v) is 7.50. The Labute approximate surface area is 141 Å². The number of aryl methyl sites for hydroxylation is 1. The minimum Gasteiger partial charge on any atom is -1.00 e. The van der Waals surface area contributed by atoms with Crippen LogP contribution >= 0.6 is 11.7 Å². The molecule has 0 bridgehead atoms. The van der Waals surface area contributed by atoms with Gasteiger partial charge in [0.2, 0.25) is 0 Å². The van der Waals surface area contributed by atoms with Gasteiger partial charge in [-0.3, -0.25) is 0 Å². The fourth-order valence-electron chi connectivity index (χ4n) is 2.52. The molecule has 2 aromatic rings. The van der Waals surface area contributed by atoms with Gasteiger partial charge >= 0.3 is 0 Å². The zero-order chi connectivity index (χ0) is 13.2. The summed E-state index contributed by atoms with van der Waals surface area (Å²) >= 11 is 1.31. The maximum absolute atomic E-state index is 4.52. The SMILES string of the molecule is CC1CCN(c2nsnc2-c2ccc[n+](C)c2)CC1.[I-]. The van der Waals surface area contributed by atoms with Crippen LogP contribution in [-0.4, -0.2) is 21.8 Å². The molecule has 1 saturated heterocycles. The molecular weight excluding hydrogens is 383 g/mol. The van der Waals surface area contributed by atoms with Gasteiger partial charge in [-0.05, 0) is 24.8 Å². The maximum atomic E-state index is 4.52. The van der Waals surface area contributed by atoms with Crippen molar-refractivity contribution in [2.75, 3.05) is 18.0 Å². The lowest BCUT2D eigenvalue weighted by Crippen LogP contribution is -3.00. The summed E-state index contributed by atoms with van der Waals surface area (Å²) in [5.41, 5.74) is 2.17. The molecule has 0 N–H and O–H groups in total. The minimum atomic E-state index is 0. The molecule has 4 nitrogen and oxygen atoms in total. The molecule has 2 aromatic heterocycles. The van der Waals surface area contributed by atoms with E-state index >= 15 is 0 Å². The number of rotatable bonds is 2. The molecular formula is C14H19IN4S. The summed E-state index contributed by atoms with van der Waals surface area (Å²) in [6, 6.07) is 4.16. The Balaban J connectivity index is 0.00000147. The molecule has 3 heterocycles. The highest BCUT2D eigenvalue weighted by Gasteiger charge is 2.22. The highest BCUT2D eigenvalue weighted by molar-refractivity contribution is 6.99. The lowest BCUT2D eigenvalue weighted by Gasteiger charge is -2.30. The molecule has 0 saturated carbocycles. The van der Waals surface area contributed by atoms with Gasteiger partial charge in [0, 0.05) is 19.2 Å². The summed E-state index contributed by atoms with van der Waals surface area (Å²) in [6.07, 6.45) is 6.64. The number of nitrogens with zero attached hydrogens (tertiary/aromatic N) is 4. The Morgan fingerprint density at radius 1 is 1.30 bits per heavy atom. The van der Waals surface area contributed by atoms with Gasteiger partial charge in [0.05, 0.1) is 17.3 Å². The third-order valence-corrected chi connectivity index (χ3v) is 4.29. The van der Waals surface area contributed by atoms with E-state index < -0.39 is 0 Å². The summed E-state index contributed by atoms with van der Waals surface area (Å²) in [5, 5.41) is 0. The van der Waals surface area contributed by atoms with Crippen LogP contribution in [0.25, 0.3) is 11.3 Å². The number of hydrogen-bond acceptors (Lipinski definition) is 4. The van der Waals surface area contributed by atoms with Gasteiger partial charge in [0.25, 0.3) is 0 Å². The predicted octanol–water partition coefficient (Wildman–Crippen LogP) is -0.730. The molecule has 0 aromatic carbocycles. The average molecular weight is 402 g/mol. The number of halogens is 1. The van der Waals surface area contributed by atoms with Crippen molar-refractivity contribution >= 4 is 17.5 Å². The number of anilines is 1. The zero-order valence-electron chi connectivity index (χ0n) is 11.8. The first-order valence-electron chi connectivity index (χ1n) is 6.77. The van der Waals surface area contributed by atoms with Crippen LogP contribution in [0.3, 0.4) is 0 Å². The molecule has 6 heteroatoms. The molecule has 0 atom stereocenters. The van der Waals surface area contributed by atoms with Gasteiger partial charge < -0.3 is 28.9 Å². The van der Waals surface area contributed by atoms with Crippen LogP contribution in [0.5, 0.6) is 0 Å². The molecule has 0 spiro atoms. The normalized spacial score (nSPS) is 16.0. The Bertz CT molecular complexity index is 564. The lowest BCUT2D eigenvalue weighted by atomic mass is 9.99. The van der Waals surface area contributed by atoms with E-state index in [9.17, 15) is 0 Å². The summed E-state index contributed by atoms with van der Waals surface area (Å²) in [7, 11) is 2.03. The smallest absolute Gasteiger partial charge is 0.178 e. The summed E-state index contributed by atoms with van der Waals surface area (Å²) in [6.45, 7) is 4.52. The second-order valence-electron chi connectivity index (χ2n) is 5.36. The van der Waals surface area contributed by atoms with Gasteiger partial charge in [-0.2, -0.15) is 8.75 Å². The third kappa shape index (κ3) is 3.28. The largest absolute Gasteiger partial charge is 1.00 e. The predicted molar refractivity (Wildman–Crippen MR) is 77.1 cm³/mol. The zero-order valence-corrected chi connectivity index (χ0v) is 14.8. The van der Waals surface area contributed by atoms with Crippen LogP contribution in [0.1, 0.15) is 19.8 Å². The van der Waals surface area contributed by atoms with Gasteiger partial charge in [-0.1, -0.05) is 6.92 Å². The molecule has 0 unspecified atom stereocenters. The summed E-state index contributed by atoms with van der Waals surface area (Å²) in [5.74, 6) is 1.89. The second kappa shape index (κ2) is 6.80. The number of aromatic nitrogens is 3. The highest BCUT2D eigenvalue weighted by atomic mass is 127. The fourth-order valence-corrected chi connectivity index (χ4v) is 3.11. The van der Waals surface area contributed by atoms with E-state index in [1.165, 1.54) is 24.6 Å². The molecule has 1 aliphatic heterocycles. The van der Waals surface area contributed by atoms with Crippen molar-refractivity contribution in [2.24, 2.45) is 13.0 Å². The summed E-state index contributed by atoms with van der Waals surface area (Å²) in [4.78, 5) is 2.38. The topological polar surface area (TPSA) is 32.9 Å². The Kier molecular flexibility index (Phi) is 5.31. The monoisotopic (exact) mass is 402 g/mol. The van der Waals surface area contributed by atoms with E-state index in [4.69, 9.17) is 0 Å². The molecule has 1 aliphatic rings. The van der Waals surface area contributed by atoms with Gasteiger partial charge in [0.15, 0.2) is 18.2 Å². The average Bonchev–Trinajstić information content (AvgIpc) is 2.89. The number of piperidine rings is 1. The van der Waals surface area contributed by atoms with Crippen LogP contribution in [0.15, 0.2) is 24.5 Å². The van der Waals surface area contributed by atoms with E-state index in [2.05, 4.69) is 43.5 Å². The maximum Gasteiger partial charge on any atom is 0.178 e. The number of hydrogen-bond donors (Lipinski definition) is 0. The van der Waals surface area contributed by atoms with E-state index in [-0.39, 0.29) is 24.0 Å². The van der Waals surface area contributed by atoms with Crippen molar-refractivity contribution in [1.82, 2.24) is 8.75 Å². The summed E-state index contributed by atoms with van der Waals surface area (Å²) < 4.78 is 11.1. The second-order valence-corrected chi connectivity index (χ2v) is 5.89. The lowest BCUT2D eigenvalue weighted by molar-refractivity contribution is -0.671. The first kappa shape index (κ1) is 15.6. The van der Waals surface area contributed by atoms with Crippen LogP contribution in [0.4, 0.5) is 5.82 Å². The van der Waals surface area contributed by atoms with Crippen molar-refractivity contribution in [3.63, 3.8) is 0 Å². The first-order chi connectivity index (χ1) is 9.24. The molecule has 0 aliphatic carbocycles. The van der Waals surface area contributed by atoms with Crippen LogP contribution in [0, 0.1) is 5.92 Å². The standard InChI is InChI=1S/C14H19N4S.HI/c1-11-5-8-18(9-6-11)14-13(15-19-16-14)12-4-3-7-17(2)10-12;/h3-4,7,10-11H,5-6,8-9H2,1-2H3;1H/q+1;/p-1. The molecule has 108 valence electrons. The van der Waals surface area contributed by atoms with Crippen molar-refractivity contribution in [3.05, 3.63) is 24.5 Å². The minimum absolute atomic E-state index is 0. The molecule has 0 amide bonds. The van der Waals surface area contributed by atoms with E-state index in [0.717, 1.165) is 36.1 Å². The Morgan fingerprint density at radius 3 is 2.75 bits per heavy atom. The molecule has 3 rings (SSSR count). The third-order valence-electron chi connectivity index (χ3n) is 3.77. The van der Waals surface area contributed by atoms with Gasteiger partial charge in [-0.15, -0.1) is 0 Å². The fraction of sp³-hybridized carbons (Fsp3) is 0.500. The van der Waals surface area contributed by atoms with Crippen molar-refractivity contribution in [2.45, 2.75) is 19.8 Å². The Hall–Kier alpha value is -0.760. The van der Waals surface area contributed by atoms with Crippen molar-refractivity contribution in [3.8, 4) is 11.3 Å². The van der Waals surface area contributed by atoms with Crippen LogP contribution in [0.2, 0.25) is 0 Å². The highest BCUT2D eigenvalue weighted by Crippen LogP contribution is 2.30. The van der Waals surface area contributed by atoms with Crippen molar-refractivity contribution < 1.29 is 28.5 Å². The van der Waals surface area contributed by atoms with Gasteiger partial charge in [0.1, 0.15) is 12.7 Å². The molecule has 0 radical (unpaired) electrons. The van der Waals surface area contributed by atoms with E-state index in [1.54, 1.807) is 0 Å². The van der Waals surface area contributed by atoms with Crippen LogP contribution < -0.4 is 33.4 Å². The molecule has 1 fully saturated rings.